The van der Waals surface area contributed by atoms with Crippen LogP contribution >= 0.6 is 0 Å². The molecule has 7 heteroatoms. The first-order valence-corrected chi connectivity index (χ1v) is 8.70. The molecule has 2 aromatic carbocycles. The van der Waals surface area contributed by atoms with Crippen LogP contribution in [0.4, 0.5) is 5.69 Å². The topological polar surface area (TPSA) is 86.1 Å². The molecular formula is C20H20N4O3. The number of hydrogen-bond acceptors (Lipinski definition) is 5. The Hall–Kier alpha value is -3.48. The summed E-state index contributed by atoms with van der Waals surface area (Å²) in [5.41, 5.74) is 3.58. The molecule has 3 rings (SSSR count). The normalized spacial score (nSPS) is 11.0. The summed E-state index contributed by atoms with van der Waals surface area (Å²) >= 11 is 0. The first-order valence-electron chi connectivity index (χ1n) is 8.70. The van der Waals surface area contributed by atoms with Crippen molar-refractivity contribution in [1.82, 2.24) is 15.0 Å². The van der Waals surface area contributed by atoms with Crippen LogP contribution in [-0.4, -0.2) is 33.5 Å². The number of aryl methyl sites for hydroxylation is 1. The Morgan fingerprint density at radius 3 is 2.63 bits per heavy atom. The molecule has 0 fully saturated rings. The van der Waals surface area contributed by atoms with E-state index in [4.69, 9.17) is 4.74 Å². The van der Waals surface area contributed by atoms with Crippen molar-refractivity contribution in [3.63, 3.8) is 0 Å². The van der Waals surface area contributed by atoms with Gasteiger partial charge >= 0.3 is 5.97 Å². The third-order valence-corrected chi connectivity index (χ3v) is 3.94. The third-order valence-electron chi connectivity index (χ3n) is 3.94. The van der Waals surface area contributed by atoms with Crippen molar-refractivity contribution in [1.29, 1.82) is 0 Å². The second-order valence-corrected chi connectivity index (χ2v) is 5.77. The lowest BCUT2D eigenvalue weighted by Crippen LogP contribution is -2.11. The first-order chi connectivity index (χ1) is 13.1. The predicted molar refractivity (Wildman–Crippen MR) is 103 cm³/mol. The van der Waals surface area contributed by atoms with Crippen LogP contribution in [-0.2, 0) is 16.1 Å². The van der Waals surface area contributed by atoms with E-state index in [1.165, 1.54) is 6.08 Å². The molecule has 1 amide bonds. The van der Waals surface area contributed by atoms with Crippen molar-refractivity contribution < 1.29 is 14.3 Å². The van der Waals surface area contributed by atoms with Gasteiger partial charge in [0.2, 0.25) is 0 Å². The molecule has 0 saturated carbocycles. The molecule has 1 aromatic heterocycles. The third kappa shape index (κ3) is 4.38. The molecule has 0 aliphatic carbocycles. The van der Waals surface area contributed by atoms with Gasteiger partial charge < -0.3 is 10.1 Å². The number of fused-ring (bicyclic) bond motifs is 1. The smallest absolute Gasteiger partial charge is 0.330 e. The van der Waals surface area contributed by atoms with Gasteiger partial charge in [-0.2, -0.15) is 0 Å². The van der Waals surface area contributed by atoms with E-state index < -0.39 is 0 Å². The van der Waals surface area contributed by atoms with Gasteiger partial charge in [0.1, 0.15) is 5.52 Å². The van der Waals surface area contributed by atoms with Gasteiger partial charge in [-0.3, -0.25) is 4.79 Å². The molecular weight excluding hydrogens is 344 g/mol. The summed E-state index contributed by atoms with van der Waals surface area (Å²) in [5, 5.41) is 11.0. The second-order valence-electron chi connectivity index (χ2n) is 5.77. The molecule has 0 unspecified atom stereocenters. The van der Waals surface area contributed by atoms with Crippen LogP contribution in [0.15, 0.2) is 48.5 Å². The Morgan fingerprint density at radius 2 is 1.93 bits per heavy atom. The van der Waals surface area contributed by atoms with E-state index in [-0.39, 0.29) is 11.9 Å². The van der Waals surface area contributed by atoms with Crippen LogP contribution in [0, 0.1) is 0 Å². The first kappa shape index (κ1) is 18.3. The van der Waals surface area contributed by atoms with Crippen LogP contribution in [0.1, 0.15) is 29.8 Å². The fourth-order valence-corrected chi connectivity index (χ4v) is 2.58. The zero-order valence-corrected chi connectivity index (χ0v) is 15.2. The summed E-state index contributed by atoms with van der Waals surface area (Å²) in [6.07, 6.45) is 3.03. The monoisotopic (exact) mass is 364 g/mol. The van der Waals surface area contributed by atoms with E-state index in [2.05, 4.69) is 15.6 Å². The second kappa shape index (κ2) is 8.27. The fourth-order valence-electron chi connectivity index (χ4n) is 2.58. The number of anilines is 1. The van der Waals surface area contributed by atoms with Crippen molar-refractivity contribution in [2.75, 3.05) is 11.9 Å². The highest BCUT2D eigenvalue weighted by molar-refractivity contribution is 6.05. The van der Waals surface area contributed by atoms with Crippen molar-refractivity contribution in [3.8, 4) is 0 Å². The lowest BCUT2D eigenvalue weighted by molar-refractivity contribution is -0.137. The average molecular weight is 364 g/mol. The van der Waals surface area contributed by atoms with Gasteiger partial charge in [-0.05, 0) is 55.8 Å². The molecule has 0 aliphatic rings. The molecule has 0 atom stereocenters. The zero-order valence-electron chi connectivity index (χ0n) is 15.2. The summed E-state index contributed by atoms with van der Waals surface area (Å²) in [7, 11) is 0. The van der Waals surface area contributed by atoms with E-state index in [9.17, 15) is 9.59 Å². The van der Waals surface area contributed by atoms with Crippen LogP contribution in [0.5, 0.6) is 0 Å². The number of amides is 1. The lowest BCUT2D eigenvalue weighted by Gasteiger charge is -2.06. The van der Waals surface area contributed by atoms with E-state index in [1.807, 2.05) is 13.0 Å². The Morgan fingerprint density at radius 1 is 1.15 bits per heavy atom. The van der Waals surface area contributed by atoms with Crippen LogP contribution in [0.3, 0.4) is 0 Å². The molecule has 0 saturated heterocycles. The molecule has 138 valence electrons. The number of benzene rings is 2. The Kier molecular flexibility index (Phi) is 5.61. The van der Waals surface area contributed by atoms with Crippen LogP contribution < -0.4 is 5.32 Å². The molecule has 0 radical (unpaired) electrons. The molecule has 7 nitrogen and oxygen atoms in total. The van der Waals surface area contributed by atoms with Crippen LogP contribution in [0.25, 0.3) is 17.1 Å². The zero-order chi connectivity index (χ0) is 19.2. The minimum Gasteiger partial charge on any atom is -0.463 e. The summed E-state index contributed by atoms with van der Waals surface area (Å²) in [4.78, 5) is 23.8. The molecule has 0 aliphatic heterocycles. The number of aromatic nitrogens is 3. The SMILES string of the molecule is CCOC(=O)/C=C/c1ccc(NC(=O)c2ccc3c(c2)nnn3CC)cc1. The minimum absolute atomic E-state index is 0.224. The number of nitrogens with one attached hydrogen (secondary N) is 1. The van der Waals surface area contributed by atoms with Crippen molar-refractivity contribution in [3.05, 3.63) is 59.7 Å². The largest absolute Gasteiger partial charge is 0.463 e. The number of carbonyl (C=O) groups is 2. The number of carbonyl (C=O) groups excluding carboxylic acids is 2. The van der Waals surface area contributed by atoms with E-state index >= 15 is 0 Å². The van der Waals surface area contributed by atoms with Gasteiger partial charge in [0.15, 0.2) is 0 Å². The standard InChI is InChI=1S/C20H20N4O3/c1-3-24-18-11-8-15(13-17(18)22-23-24)20(26)21-16-9-5-14(6-10-16)7-12-19(25)27-4-2/h5-13H,3-4H2,1-2H3,(H,21,26)/b12-7+. The summed E-state index contributed by atoms with van der Waals surface area (Å²) in [6, 6.07) is 12.5. The van der Waals surface area contributed by atoms with Crippen LogP contribution in [0.2, 0.25) is 0 Å². The maximum Gasteiger partial charge on any atom is 0.330 e. The van der Waals surface area contributed by atoms with Gasteiger partial charge in [0, 0.05) is 23.9 Å². The minimum atomic E-state index is -0.384. The molecule has 3 aromatic rings. The number of rotatable bonds is 6. The van der Waals surface area contributed by atoms with Gasteiger partial charge in [-0.1, -0.05) is 17.3 Å². The number of esters is 1. The maximum absolute atomic E-state index is 12.5. The summed E-state index contributed by atoms with van der Waals surface area (Å²) < 4.78 is 6.61. The van der Waals surface area contributed by atoms with Crippen molar-refractivity contribution in [2.45, 2.75) is 20.4 Å². The Bertz CT molecular complexity index is 990. The van der Waals surface area contributed by atoms with Gasteiger partial charge in [0.05, 0.1) is 12.1 Å². The highest BCUT2D eigenvalue weighted by Gasteiger charge is 2.10. The Labute approximate surface area is 156 Å². The molecule has 0 spiro atoms. The van der Waals surface area contributed by atoms with E-state index in [1.54, 1.807) is 54.1 Å². The number of nitrogens with zero attached hydrogens (tertiary/aromatic N) is 3. The maximum atomic E-state index is 12.5. The average Bonchev–Trinajstić information content (AvgIpc) is 3.10. The fraction of sp³-hybridized carbons (Fsp3) is 0.200. The molecule has 1 heterocycles. The van der Waals surface area contributed by atoms with Gasteiger partial charge in [-0.25, -0.2) is 9.48 Å². The molecule has 0 bridgehead atoms. The van der Waals surface area contributed by atoms with Crippen molar-refractivity contribution in [2.24, 2.45) is 0 Å². The quantitative estimate of drug-likeness (QED) is 0.536. The number of ether oxygens (including phenoxy) is 1. The van der Waals surface area contributed by atoms with Crippen molar-refractivity contribution >= 4 is 34.7 Å². The number of hydrogen-bond donors (Lipinski definition) is 1. The highest BCUT2D eigenvalue weighted by Crippen LogP contribution is 2.16. The Balaban J connectivity index is 1.68. The van der Waals surface area contributed by atoms with Gasteiger partial charge in [0.25, 0.3) is 5.91 Å². The van der Waals surface area contributed by atoms with E-state index in [0.717, 1.165) is 17.6 Å². The van der Waals surface area contributed by atoms with E-state index in [0.29, 0.717) is 23.4 Å². The molecule has 27 heavy (non-hydrogen) atoms. The predicted octanol–water partition coefficient (Wildman–Crippen LogP) is 3.28. The summed E-state index contributed by atoms with van der Waals surface area (Å²) in [5.74, 6) is -0.608. The molecule has 1 N–H and O–H groups in total. The highest BCUT2D eigenvalue weighted by atomic mass is 16.5. The lowest BCUT2D eigenvalue weighted by atomic mass is 10.1. The summed E-state index contributed by atoms with van der Waals surface area (Å²) in [6.45, 7) is 4.81. The van der Waals surface area contributed by atoms with Gasteiger partial charge in [-0.15, -0.1) is 5.10 Å².